The first-order valence-electron chi connectivity index (χ1n) is 10.5. The molecule has 4 atom stereocenters. The highest BCUT2D eigenvalue weighted by molar-refractivity contribution is 6.25. The third-order valence-corrected chi connectivity index (χ3v) is 6.48. The molecule has 156 valence electrons. The number of amides is 2. The molecule has 7 heteroatoms. The van der Waals surface area contributed by atoms with E-state index in [1.165, 1.54) is 11.0 Å². The maximum Gasteiger partial charge on any atom is 0.240 e. The molecule has 0 radical (unpaired) electrons. The lowest BCUT2D eigenvalue weighted by atomic mass is 9.90. The third-order valence-electron chi connectivity index (χ3n) is 6.48. The molecule has 0 spiro atoms. The summed E-state index contributed by atoms with van der Waals surface area (Å²) in [7, 11) is 0. The second-order valence-corrected chi connectivity index (χ2v) is 8.15. The van der Waals surface area contributed by atoms with Gasteiger partial charge in [-0.2, -0.15) is 0 Å². The zero-order chi connectivity index (χ0) is 21.8. The first kappa shape index (κ1) is 18.6. The fourth-order valence-corrected chi connectivity index (χ4v) is 5.11. The molecule has 3 aromatic rings. The van der Waals surface area contributed by atoms with E-state index in [0.29, 0.717) is 17.2 Å². The van der Waals surface area contributed by atoms with Gasteiger partial charge in [0, 0.05) is 5.56 Å². The smallest absolute Gasteiger partial charge is 0.240 e. The van der Waals surface area contributed by atoms with Crippen molar-refractivity contribution in [1.82, 2.24) is 10.2 Å². The first-order chi connectivity index (χ1) is 15.6. The van der Waals surface area contributed by atoms with Crippen LogP contribution >= 0.6 is 0 Å². The molecule has 7 nitrogen and oxygen atoms in total. The predicted molar refractivity (Wildman–Crippen MR) is 118 cm³/mol. The van der Waals surface area contributed by atoms with Crippen molar-refractivity contribution in [3.05, 3.63) is 84.9 Å². The summed E-state index contributed by atoms with van der Waals surface area (Å²) >= 11 is 0. The summed E-state index contributed by atoms with van der Waals surface area (Å²) in [6.45, 7) is 0. The van der Waals surface area contributed by atoms with E-state index in [2.05, 4.69) is 10.2 Å². The SMILES string of the molecule is O=C1C=CC2C3C(=O)N(c4ccccc4)C(=O)C3C1N2c1ccc(-c2ccccc2)nn1. The van der Waals surface area contributed by atoms with Crippen LogP contribution in [0.3, 0.4) is 0 Å². The van der Waals surface area contributed by atoms with Gasteiger partial charge >= 0.3 is 0 Å². The van der Waals surface area contributed by atoms with Gasteiger partial charge in [-0.3, -0.25) is 14.4 Å². The molecular formula is C25H18N4O3. The molecule has 3 aliphatic heterocycles. The zero-order valence-corrected chi connectivity index (χ0v) is 16.9. The molecule has 2 saturated heterocycles. The van der Waals surface area contributed by atoms with E-state index in [-0.39, 0.29) is 17.6 Å². The van der Waals surface area contributed by atoms with Crippen molar-refractivity contribution in [2.75, 3.05) is 9.80 Å². The van der Waals surface area contributed by atoms with Crippen LogP contribution in [0.5, 0.6) is 0 Å². The summed E-state index contributed by atoms with van der Waals surface area (Å²) in [5, 5.41) is 8.70. The van der Waals surface area contributed by atoms with E-state index >= 15 is 0 Å². The van der Waals surface area contributed by atoms with Crippen LogP contribution < -0.4 is 9.80 Å². The Bertz CT molecular complexity index is 1260. The van der Waals surface area contributed by atoms with Gasteiger partial charge in [-0.25, -0.2) is 4.90 Å². The maximum atomic E-state index is 13.4. The lowest BCUT2D eigenvalue weighted by molar-refractivity contribution is -0.125. The van der Waals surface area contributed by atoms with Crippen LogP contribution in [0.25, 0.3) is 11.3 Å². The normalized spacial score (nSPS) is 26.1. The molecule has 4 heterocycles. The second-order valence-electron chi connectivity index (χ2n) is 8.15. The number of ketones is 1. The van der Waals surface area contributed by atoms with Gasteiger partial charge < -0.3 is 4.90 Å². The molecule has 0 aliphatic carbocycles. The molecule has 2 amide bonds. The molecule has 2 aromatic carbocycles. The van der Waals surface area contributed by atoms with Gasteiger partial charge in [0.15, 0.2) is 11.6 Å². The number of para-hydroxylation sites is 1. The summed E-state index contributed by atoms with van der Waals surface area (Å²) in [5.41, 5.74) is 2.18. The fraction of sp³-hybridized carbons (Fsp3) is 0.160. The van der Waals surface area contributed by atoms with Crippen molar-refractivity contribution < 1.29 is 14.4 Å². The van der Waals surface area contributed by atoms with E-state index in [1.54, 1.807) is 41.3 Å². The number of aromatic nitrogens is 2. The Morgan fingerprint density at radius 2 is 1.41 bits per heavy atom. The molecule has 4 unspecified atom stereocenters. The largest absolute Gasteiger partial charge is 0.337 e. The van der Waals surface area contributed by atoms with Crippen molar-refractivity contribution in [3.8, 4) is 11.3 Å². The number of anilines is 2. The minimum atomic E-state index is -0.767. The number of carbonyl (C=O) groups is 3. The maximum absolute atomic E-state index is 13.4. The minimum Gasteiger partial charge on any atom is -0.337 e. The second kappa shape index (κ2) is 6.95. The number of fused-ring (bicyclic) bond motifs is 5. The topological polar surface area (TPSA) is 83.5 Å². The fourth-order valence-electron chi connectivity index (χ4n) is 5.11. The Morgan fingerprint density at radius 3 is 2.09 bits per heavy atom. The Morgan fingerprint density at radius 1 is 0.719 bits per heavy atom. The average molecular weight is 422 g/mol. The van der Waals surface area contributed by atoms with E-state index in [1.807, 2.05) is 42.5 Å². The minimum absolute atomic E-state index is 0.196. The number of nitrogens with zero attached hydrogens (tertiary/aromatic N) is 4. The number of rotatable bonds is 3. The summed E-state index contributed by atoms with van der Waals surface area (Å²) in [4.78, 5) is 42.6. The quantitative estimate of drug-likeness (QED) is 0.604. The zero-order valence-electron chi connectivity index (χ0n) is 16.9. The van der Waals surface area contributed by atoms with Gasteiger partial charge in [0.2, 0.25) is 11.8 Å². The van der Waals surface area contributed by atoms with Gasteiger partial charge in [-0.15, -0.1) is 10.2 Å². The van der Waals surface area contributed by atoms with Crippen LogP contribution in [-0.4, -0.2) is 39.9 Å². The van der Waals surface area contributed by atoms with E-state index < -0.39 is 23.9 Å². The first-order valence-corrected chi connectivity index (χ1v) is 10.5. The van der Waals surface area contributed by atoms with E-state index in [4.69, 9.17) is 0 Å². The van der Waals surface area contributed by atoms with Gasteiger partial charge in [0.05, 0.1) is 29.3 Å². The summed E-state index contributed by atoms with van der Waals surface area (Å²) in [5.74, 6) is -1.71. The Kier molecular flexibility index (Phi) is 4.04. The Balaban J connectivity index is 1.37. The molecule has 1 aromatic heterocycles. The highest BCUT2D eigenvalue weighted by Crippen LogP contribution is 2.48. The van der Waals surface area contributed by atoms with Gasteiger partial charge in [-0.1, -0.05) is 54.6 Å². The molecule has 2 bridgehead atoms. The van der Waals surface area contributed by atoms with Gasteiger partial charge in [-0.05, 0) is 30.3 Å². The van der Waals surface area contributed by atoms with Gasteiger partial charge in [0.1, 0.15) is 6.04 Å². The molecule has 3 aliphatic rings. The van der Waals surface area contributed by atoms with Crippen LogP contribution in [-0.2, 0) is 14.4 Å². The Labute approximate surface area is 184 Å². The lowest BCUT2D eigenvalue weighted by Crippen LogP contribution is -2.49. The Hall–Kier alpha value is -4.13. The average Bonchev–Trinajstić information content (AvgIpc) is 3.25. The summed E-state index contributed by atoms with van der Waals surface area (Å²) in [6, 6.07) is 21.0. The molecular weight excluding hydrogens is 404 g/mol. The van der Waals surface area contributed by atoms with E-state index in [0.717, 1.165) is 5.56 Å². The van der Waals surface area contributed by atoms with Crippen molar-refractivity contribution in [3.63, 3.8) is 0 Å². The number of hydrogen-bond acceptors (Lipinski definition) is 6. The molecule has 2 fully saturated rings. The van der Waals surface area contributed by atoms with Crippen LogP contribution in [0, 0.1) is 11.8 Å². The third kappa shape index (κ3) is 2.57. The van der Waals surface area contributed by atoms with Gasteiger partial charge in [0.25, 0.3) is 0 Å². The van der Waals surface area contributed by atoms with Crippen LogP contribution in [0.2, 0.25) is 0 Å². The van der Waals surface area contributed by atoms with Crippen LogP contribution in [0.1, 0.15) is 0 Å². The predicted octanol–water partition coefficient (Wildman–Crippen LogP) is 2.65. The van der Waals surface area contributed by atoms with Crippen LogP contribution in [0.4, 0.5) is 11.5 Å². The number of hydrogen-bond donors (Lipinski definition) is 0. The molecule has 32 heavy (non-hydrogen) atoms. The summed E-state index contributed by atoms with van der Waals surface area (Å²) in [6.07, 6.45) is 3.21. The molecule has 0 saturated carbocycles. The van der Waals surface area contributed by atoms with E-state index in [9.17, 15) is 14.4 Å². The monoisotopic (exact) mass is 422 g/mol. The van der Waals surface area contributed by atoms with Crippen molar-refractivity contribution in [2.45, 2.75) is 12.1 Å². The number of benzene rings is 2. The standard InChI is InChI=1S/C25H18N4O3/c30-19-13-12-18-21-22(25(32)28(24(21)31)16-9-5-2-6-10-16)23(19)29(18)20-14-11-17(26-27-20)15-7-3-1-4-8-15/h1-14,18,21-23H. The highest BCUT2D eigenvalue weighted by Gasteiger charge is 2.64. The molecule has 0 N–H and O–H groups in total. The van der Waals surface area contributed by atoms with Crippen molar-refractivity contribution in [2.24, 2.45) is 11.8 Å². The van der Waals surface area contributed by atoms with Crippen molar-refractivity contribution >= 4 is 29.1 Å². The summed E-state index contributed by atoms with van der Waals surface area (Å²) < 4.78 is 0. The highest BCUT2D eigenvalue weighted by atomic mass is 16.2. The van der Waals surface area contributed by atoms with Crippen LogP contribution in [0.15, 0.2) is 84.9 Å². The lowest BCUT2D eigenvalue weighted by Gasteiger charge is -2.34. The van der Waals surface area contributed by atoms with Crippen molar-refractivity contribution in [1.29, 1.82) is 0 Å². The molecule has 6 rings (SSSR count). The number of imide groups is 1. The number of carbonyl (C=O) groups excluding carboxylic acids is 3.